The van der Waals surface area contributed by atoms with E-state index in [4.69, 9.17) is 5.73 Å². The molecule has 1 rings (SSSR count). The summed E-state index contributed by atoms with van der Waals surface area (Å²) in [5.41, 5.74) is 7.08. The Hall–Kier alpha value is -1.00. The SMILES string of the molecule is CCNC(=O)CSc1ccc(C(N)CC)cc1. The van der Waals surface area contributed by atoms with E-state index < -0.39 is 0 Å². The van der Waals surface area contributed by atoms with Crippen LogP contribution in [0, 0.1) is 0 Å². The molecule has 3 nitrogen and oxygen atoms in total. The number of nitrogens with two attached hydrogens (primary N) is 1. The molecule has 0 aliphatic heterocycles. The maximum absolute atomic E-state index is 11.3. The van der Waals surface area contributed by atoms with E-state index in [-0.39, 0.29) is 11.9 Å². The van der Waals surface area contributed by atoms with E-state index in [1.165, 1.54) is 0 Å². The van der Waals surface area contributed by atoms with Gasteiger partial charge in [-0.25, -0.2) is 0 Å². The molecule has 1 aromatic carbocycles. The van der Waals surface area contributed by atoms with Crippen molar-refractivity contribution in [3.8, 4) is 0 Å². The quantitative estimate of drug-likeness (QED) is 0.764. The molecule has 0 aliphatic rings. The highest BCUT2D eigenvalue weighted by Gasteiger charge is 2.04. The molecular formula is C13H20N2OS. The average Bonchev–Trinajstić information content (AvgIpc) is 2.36. The molecule has 0 aliphatic carbocycles. The van der Waals surface area contributed by atoms with Crippen molar-refractivity contribution in [1.82, 2.24) is 5.32 Å². The highest BCUT2D eigenvalue weighted by molar-refractivity contribution is 8.00. The van der Waals surface area contributed by atoms with E-state index in [1.807, 2.05) is 31.2 Å². The lowest BCUT2D eigenvalue weighted by atomic mass is 10.1. The normalized spacial score (nSPS) is 12.2. The number of hydrogen-bond donors (Lipinski definition) is 2. The highest BCUT2D eigenvalue weighted by atomic mass is 32.2. The van der Waals surface area contributed by atoms with Crippen molar-refractivity contribution in [3.63, 3.8) is 0 Å². The minimum Gasteiger partial charge on any atom is -0.356 e. The Kier molecular flexibility index (Phi) is 6.08. The van der Waals surface area contributed by atoms with E-state index >= 15 is 0 Å². The van der Waals surface area contributed by atoms with Crippen LogP contribution in [0.3, 0.4) is 0 Å². The molecule has 0 aromatic heterocycles. The van der Waals surface area contributed by atoms with Gasteiger partial charge in [0.25, 0.3) is 0 Å². The van der Waals surface area contributed by atoms with Crippen LogP contribution in [-0.2, 0) is 4.79 Å². The lowest BCUT2D eigenvalue weighted by Gasteiger charge is -2.09. The monoisotopic (exact) mass is 252 g/mol. The van der Waals surface area contributed by atoms with E-state index in [0.717, 1.165) is 16.9 Å². The predicted octanol–water partition coefficient (Wildman–Crippen LogP) is 2.32. The van der Waals surface area contributed by atoms with Crippen molar-refractivity contribution in [2.24, 2.45) is 5.73 Å². The van der Waals surface area contributed by atoms with Gasteiger partial charge in [0.2, 0.25) is 5.91 Å². The topological polar surface area (TPSA) is 55.1 Å². The summed E-state index contributed by atoms with van der Waals surface area (Å²) in [5, 5.41) is 2.77. The zero-order chi connectivity index (χ0) is 12.7. The molecule has 0 spiro atoms. The third kappa shape index (κ3) is 4.79. The molecular weight excluding hydrogens is 232 g/mol. The zero-order valence-corrected chi connectivity index (χ0v) is 11.2. The fraction of sp³-hybridized carbons (Fsp3) is 0.462. The van der Waals surface area contributed by atoms with Crippen LogP contribution in [0.5, 0.6) is 0 Å². The number of rotatable bonds is 6. The maximum atomic E-state index is 11.3. The van der Waals surface area contributed by atoms with Crippen LogP contribution < -0.4 is 11.1 Å². The van der Waals surface area contributed by atoms with Crippen molar-refractivity contribution in [2.75, 3.05) is 12.3 Å². The molecule has 0 fully saturated rings. The summed E-state index contributed by atoms with van der Waals surface area (Å²) in [4.78, 5) is 12.4. The number of amides is 1. The Morgan fingerprint density at radius 2 is 2.00 bits per heavy atom. The molecule has 1 atom stereocenters. The summed E-state index contributed by atoms with van der Waals surface area (Å²) in [6.45, 7) is 4.68. The van der Waals surface area contributed by atoms with Gasteiger partial charge in [-0.1, -0.05) is 19.1 Å². The maximum Gasteiger partial charge on any atom is 0.230 e. The number of carbonyl (C=O) groups is 1. The van der Waals surface area contributed by atoms with Gasteiger partial charge in [0.05, 0.1) is 5.75 Å². The predicted molar refractivity (Wildman–Crippen MR) is 73.1 cm³/mol. The van der Waals surface area contributed by atoms with Gasteiger partial charge >= 0.3 is 0 Å². The molecule has 0 saturated carbocycles. The van der Waals surface area contributed by atoms with Gasteiger partial charge < -0.3 is 11.1 Å². The molecule has 0 saturated heterocycles. The third-order valence-corrected chi connectivity index (χ3v) is 3.50. The highest BCUT2D eigenvalue weighted by Crippen LogP contribution is 2.21. The van der Waals surface area contributed by atoms with Gasteiger partial charge in [-0.05, 0) is 31.0 Å². The summed E-state index contributed by atoms with van der Waals surface area (Å²) >= 11 is 1.54. The number of carbonyl (C=O) groups excluding carboxylic acids is 1. The Bertz CT molecular complexity index is 351. The van der Waals surface area contributed by atoms with Crippen molar-refractivity contribution in [1.29, 1.82) is 0 Å². The summed E-state index contributed by atoms with van der Waals surface area (Å²) in [6, 6.07) is 8.23. The van der Waals surface area contributed by atoms with Gasteiger partial charge in [-0.3, -0.25) is 4.79 Å². The molecule has 0 radical (unpaired) electrons. The second-order valence-corrected chi connectivity index (χ2v) is 4.87. The van der Waals surface area contributed by atoms with E-state index in [9.17, 15) is 4.79 Å². The molecule has 1 unspecified atom stereocenters. The van der Waals surface area contributed by atoms with Gasteiger partial charge in [0.15, 0.2) is 0 Å². The molecule has 17 heavy (non-hydrogen) atoms. The first-order chi connectivity index (χ1) is 8.17. The third-order valence-electron chi connectivity index (χ3n) is 2.49. The number of benzene rings is 1. The van der Waals surface area contributed by atoms with Gasteiger partial charge in [-0.15, -0.1) is 11.8 Å². The summed E-state index contributed by atoms with van der Waals surface area (Å²) < 4.78 is 0. The largest absolute Gasteiger partial charge is 0.356 e. The first kappa shape index (κ1) is 14.1. The Morgan fingerprint density at radius 3 is 2.53 bits per heavy atom. The zero-order valence-electron chi connectivity index (χ0n) is 10.4. The first-order valence-electron chi connectivity index (χ1n) is 5.92. The molecule has 0 heterocycles. The second-order valence-electron chi connectivity index (χ2n) is 3.83. The van der Waals surface area contributed by atoms with Crippen LogP contribution in [-0.4, -0.2) is 18.2 Å². The lowest BCUT2D eigenvalue weighted by molar-refractivity contribution is -0.118. The molecule has 94 valence electrons. The van der Waals surface area contributed by atoms with Crippen LogP contribution in [0.1, 0.15) is 31.9 Å². The van der Waals surface area contributed by atoms with Crippen LogP contribution in [0.15, 0.2) is 29.2 Å². The van der Waals surface area contributed by atoms with Crippen molar-refractivity contribution in [3.05, 3.63) is 29.8 Å². The van der Waals surface area contributed by atoms with Crippen molar-refractivity contribution < 1.29 is 4.79 Å². The number of nitrogens with one attached hydrogen (secondary N) is 1. The van der Waals surface area contributed by atoms with Crippen LogP contribution in [0.25, 0.3) is 0 Å². The lowest BCUT2D eigenvalue weighted by Crippen LogP contribution is -2.24. The fourth-order valence-electron chi connectivity index (χ4n) is 1.44. The fourth-order valence-corrected chi connectivity index (χ4v) is 2.17. The minimum atomic E-state index is 0.0758. The van der Waals surface area contributed by atoms with E-state index in [2.05, 4.69) is 12.2 Å². The molecule has 0 bridgehead atoms. The van der Waals surface area contributed by atoms with Crippen molar-refractivity contribution in [2.45, 2.75) is 31.2 Å². The molecule has 3 N–H and O–H groups in total. The number of thioether (sulfide) groups is 1. The van der Waals surface area contributed by atoms with Gasteiger partial charge in [-0.2, -0.15) is 0 Å². The standard InChI is InChI=1S/C13H20N2OS/c1-3-12(14)10-5-7-11(8-6-10)17-9-13(16)15-4-2/h5-8,12H,3-4,9,14H2,1-2H3,(H,15,16). The molecule has 4 heteroatoms. The van der Waals surface area contributed by atoms with Crippen molar-refractivity contribution >= 4 is 17.7 Å². The van der Waals surface area contributed by atoms with Crippen LogP contribution in [0.4, 0.5) is 0 Å². The Labute approximate surface area is 107 Å². The van der Waals surface area contributed by atoms with E-state index in [1.54, 1.807) is 11.8 Å². The average molecular weight is 252 g/mol. The number of hydrogen-bond acceptors (Lipinski definition) is 3. The Morgan fingerprint density at radius 1 is 1.35 bits per heavy atom. The van der Waals surface area contributed by atoms with Gasteiger partial charge in [0.1, 0.15) is 0 Å². The van der Waals surface area contributed by atoms with E-state index in [0.29, 0.717) is 12.3 Å². The second kappa shape index (κ2) is 7.35. The van der Waals surface area contributed by atoms with Gasteiger partial charge in [0, 0.05) is 17.5 Å². The summed E-state index contributed by atoms with van der Waals surface area (Å²) in [7, 11) is 0. The Balaban J connectivity index is 2.48. The summed E-state index contributed by atoms with van der Waals surface area (Å²) in [6.07, 6.45) is 0.936. The minimum absolute atomic E-state index is 0.0758. The molecule has 1 amide bonds. The van der Waals surface area contributed by atoms with Crippen LogP contribution >= 0.6 is 11.8 Å². The smallest absolute Gasteiger partial charge is 0.230 e. The summed E-state index contributed by atoms with van der Waals surface area (Å²) in [5.74, 6) is 0.541. The van der Waals surface area contributed by atoms with Crippen LogP contribution in [0.2, 0.25) is 0 Å². The first-order valence-corrected chi connectivity index (χ1v) is 6.91. The molecule has 1 aromatic rings.